The molecule has 27 heavy (non-hydrogen) atoms. The number of nitrogens with zero attached hydrogens (tertiary/aromatic N) is 3. The van der Waals surface area contributed by atoms with Crippen molar-refractivity contribution in [1.82, 2.24) is 9.97 Å². The van der Waals surface area contributed by atoms with Crippen LogP contribution in [0.3, 0.4) is 0 Å². The first-order valence-electron chi connectivity index (χ1n) is 9.07. The van der Waals surface area contributed by atoms with Crippen LogP contribution < -0.4 is 15.5 Å². The van der Waals surface area contributed by atoms with Crippen molar-refractivity contribution in [1.29, 1.82) is 0 Å². The molecule has 1 aromatic heterocycles. The van der Waals surface area contributed by atoms with Crippen LogP contribution in [0.4, 0.5) is 28.8 Å². The fraction of sp³-hybridized carbons (Fsp3) is 0.238. The van der Waals surface area contributed by atoms with Gasteiger partial charge < -0.3 is 15.5 Å². The van der Waals surface area contributed by atoms with E-state index in [2.05, 4.69) is 63.6 Å². The first-order chi connectivity index (χ1) is 13.1. The fourth-order valence-electron chi connectivity index (χ4n) is 2.87. The van der Waals surface area contributed by atoms with E-state index in [4.69, 9.17) is 11.6 Å². The monoisotopic (exact) mass is 381 g/mol. The Kier molecular flexibility index (Phi) is 6.14. The second kappa shape index (κ2) is 8.73. The van der Waals surface area contributed by atoms with E-state index in [0.29, 0.717) is 11.0 Å². The van der Waals surface area contributed by atoms with Gasteiger partial charge in [-0.1, -0.05) is 11.6 Å². The van der Waals surface area contributed by atoms with Crippen LogP contribution in [0.5, 0.6) is 0 Å². The maximum absolute atomic E-state index is 6.01. The summed E-state index contributed by atoms with van der Waals surface area (Å²) >= 11 is 6.01. The van der Waals surface area contributed by atoms with E-state index in [9.17, 15) is 0 Å². The minimum Gasteiger partial charge on any atom is -0.372 e. The molecule has 2 N–H and O–H groups in total. The van der Waals surface area contributed by atoms with Crippen molar-refractivity contribution in [2.75, 3.05) is 28.6 Å². The molecule has 0 fully saturated rings. The Morgan fingerprint density at radius 1 is 0.963 bits per heavy atom. The van der Waals surface area contributed by atoms with Crippen LogP contribution in [0.1, 0.15) is 19.4 Å². The third-order valence-electron chi connectivity index (χ3n) is 4.36. The lowest BCUT2D eigenvalue weighted by Gasteiger charge is -2.21. The van der Waals surface area contributed by atoms with Gasteiger partial charge in [0, 0.05) is 41.4 Å². The molecule has 0 atom stereocenters. The molecular weight excluding hydrogens is 358 g/mol. The van der Waals surface area contributed by atoms with Gasteiger partial charge in [-0.25, -0.2) is 4.98 Å². The molecular formula is C21H24ClN5. The number of aromatic nitrogens is 2. The van der Waals surface area contributed by atoms with Gasteiger partial charge in [0.05, 0.1) is 0 Å². The predicted octanol–water partition coefficient (Wildman–Crippen LogP) is 5.77. The van der Waals surface area contributed by atoms with Gasteiger partial charge in [0.15, 0.2) is 0 Å². The SMILES string of the molecule is CCN(CC)c1ccc(Nc2ccnc(Nc3ccc(Cl)cc3C)n2)cc1. The van der Waals surface area contributed by atoms with Gasteiger partial charge in [-0.2, -0.15) is 4.98 Å². The molecule has 140 valence electrons. The topological polar surface area (TPSA) is 53.1 Å². The molecule has 0 bridgehead atoms. The molecule has 0 spiro atoms. The van der Waals surface area contributed by atoms with Crippen molar-refractivity contribution >= 4 is 40.4 Å². The van der Waals surface area contributed by atoms with Gasteiger partial charge in [-0.15, -0.1) is 0 Å². The number of nitrogens with one attached hydrogen (secondary N) is 2. The van der Waals surface area contributed by atoms with Crippen LogP contribution in [-0.2, 0) is 0 Å². The largest absolute Gasteiger partial charge is 0.372 e. The van der Waals surface area contributed by atoms with Gasteiger partial charge in [0.2, 0.25) is 5.95 Å². The van der Waals surface area contributed by atoms with E-state index in [1.807, 2.05) is 31.2 Å². The zero-order valence-corrected chi connectivity index (χ0v) is 16.6. The normalized spacial score (nSPS) is 10.5. The second-order valence-electron chi connectivity index (χ2n) is 6.19. The molecule has 5 nitrogen and oxygen atoms in total. The third kappa shape index (κ3) is 4.89. The number of rotatable bonds is 7. The highest BCUT2D eigenvalue weighted by Gasteiger charge is 2.05. The Morgan fingerprint density at radius 2 is 1.70 bits per heavy atom. The molecule has 0 aliphatic carbocycles. The summed E-state index contributed by atoms with van der Waals surface area (Å²) in [7, 11) is 0. The van der Waals surface area contributed by atoms with Crippen LogP contribution in [0, 0.1) is 6.92 Å². The van der Waals surface area contributed by atoms with Crippen molar-refractivity contribution in [3.8, 4) is 0 Å². The summed E-state index contributed by atoms with van der Waals surface area (Å²) < 4.78 is 0. The summed E-state index contributed by atoms with van der Waals surface area (Å²) in [5.74, 6) is 1.26. The molecule has 0 aliphatic heterocycles. The summed E-state index contributed by atoms with van der Waals surface area (Å²) in [6.45, 7) is 8.30. The van der Waals surface area contributed by atoms with E-state index in [0.717, 1.165) is 35.8 Å². The van der Waals surface area contributed by atoms with E-state index >= 15 is 0 Å². The molecule has 0 saturated heterocycles. The van der Waals surface area contributed by atoms with Crippen LogP contribution in [-0.4, -0.2) is 23.1 Å². The Hall–Kier alpha value is -2.79. The molecule has 0 aliphatic rings. The lowest BCUT2D eigenvalue weighted by molar-refractivity contribution is 0.866. The molecule has 6 heteroatoms. The lowest BCUT2D eigenvalue weighted by atomic mass is 10.2. The highest BCUT2D eigenvalue weighted by molar-refractivity contribution is 6.30. The molecule has 0 radical (unpaired) electrons. The highest BCUT2D eigenvalue weighted by Crippen LogP contribution is 2.24. The molecule has 0 saturated carbocycles. The molecule has 1 heterocycles. The minimum absolute atomic E-state index is 0.533. The summed E-state index contributed by atoms with van der Waals surface area (Å²) in [5.41, 5.74) is 4.17. The molecule has 0 unspecified atom stereocenters. The number of halogens is 1. The number of benzene rings is 2. The zero-order valence-electron chi connectivity index (χ0n) is 15.8. The summed E-state index contributed by atoms with van der Waals surface area (Å²) in [6, 6.07) is 15.9. The number of aryl methyl sites for hydroxylation is 1. The maximum atomic E-state index is 6.01. The summed E-state index contributed by atoms with van der Waals surface area (Å²) in [4.78, 5) is 11.1. The highest BCUT2D eigenvalue weighted by atomic mass is 35.5. The van der Waals surface area contributed by atoms with E-state index in [1.165, 1.54) is 5.69 Å². The summed E-state index contributed by atoms with van der Waals surface area (Å²) in [6.07, 6.45) is 1.73. The van der Waals surface area contributed by atoms with Crippen molar-refractivity contribution < 1.29 is 0 Å². The Bertz CT molecular complexity index is 891. The van der Waals surface area contributed by atoms with Gasteiger partial charge in [0.1, 0.15) is 5.82 Å². The predicted molar refractivity (Wildman–Crippen MR) is 115 cm³/mol. The Balaban J connectivity index is 1.72. The molecule has 3 rings (SSSR count). The van der Waals surface area contributed by atoms with Crippen LogP contribution in [0.25, 0.3) is 0 Å². The van der Waals surface area contributed by atoms with Crippen molar-refractivity contribution in [3.05, 3.63) is 65.3 Å². The minimum atomic E-state index is 0.533. The molecule has 2 aromatic carbocycles. The first kappa shape index (κ1) is 19.0. The first-order valence-corrected chi connectivity index (χ1v) is 9.45. The Morgan fingerprint density at radius 3 is 2.37 bits per heavy atom. The maximum Gasteiger partial charge on any atom is 0.229 e. The van der Waals surface area contributed by atoms with Gasteiger partial charge in [0.25, 0.3) is 0 Å². The van der Waals surface area contributed by atoms with Gasteiger partial charge >= 0.3 is 0 Å². The van der Waals surface area contributed by atoms with Crippen LogP contribution >= 0.6 is 11.6 Å². The quantitative estimate of drug-likeness (QED) is 0.544. The standard InChI is InChI=1S/C21H24ClN5/c1-4-27(5-2)18-9-7-17(8-10-18)24-20-12-13-23-21(26-20)25-19-11-6-16(22)14-15(19)3/h6-14H,4-5H2,1-3H3,(H2,23,24,25,26). The fourth-order valence-corrected chi connectivity index (χ4v) is 3.10. The smallest absolute Gasteiger partial charge is 0.229 e. The van der Waals surface area contributed by atoms with Crippen molar-refractivity contribution in [2.45, 2.75) is 20.8 Å². The summed E-state index contributed by atoms with van der Waals surface area (Å²) in [5, 5.41) is 7.27. The third-order valence-corrected chi connectivity index (χ3v) is 4.59. The van der Waals surface area contributed by atoms with Crippen molar-refractivity contribution in [2.24, 2.45) is 0 Å². The van der Waals surface area contributed by atoms with E-state index in [-0.39, 0.29) is 0 Å². The lowest BCUT2D eigenvalue weighted by Crippen LogP contribution is -2.21. The van der Waals surface area contributed by atoms with Gasteiger partial charge in [-0.3, -0.25) is 0 Å². The second-order valence-corrected chi connectivity index (χ2v) is 6.63. The zero-order chi connectivity index (χ0) is 19.2. The van der Waals surface area contributed by atoms with Gasteiger partial charge in [-0.05, 0) is 74.9 Å². The average molecular weight is 382 g/mol. The number of anilines is 5. The average Bonchev–Trinajstić information content (AvgIpc) is 2.67. The van der Waals surface area contributed by atoms with E-state index in [1.54, 1.807) is 6.20 Å². The molecule has 3 aromatic rings. The number of hydrogen-bond donors (Lipinski definition) is 2. The number of hydrogen-bond acceptors (Lipinski definition) is 5. The van der Waals surface area contributed by atoms with Crippen molar-refractivity contribution in [3.63, 3.8) is 0 Å². The van der Waals surface area contributed by atoms with Crippen LogP contribution in [0.2, 0.25) is 5.02 Å². The Labute approximate surface area is 165 Å². The van der Waals surface area contributed by atoms with Crippen LogP contribution in [0.15, 0.2) is 54.7 Å². The van der Waals surface area contributed by atoms with E-state index < -0.39 is 0 Å². The molecule has 0 amide bonds.